The molecule has 0 saturated carbocycles. The van der Waals surface area contributed by atoms with Crippen LogP contribution in [0.1, 0.15) is 16.7 Å². The van der Waals surface area contributed by atoms with Crippen molar-refractivity contribution in [2.75, 3.05) is 7.11 Å². The second-order valence-electron chi connectivity index (χ2n) is 5.23. The number of esters is 1. The number of aryl methyl sites for hydroxylation is 1. The van der Waals surface area contributed by atoms with Gasteiger partial charge in [0.25, 0.3) is 0 Å². The van der Waals surface area contributed by atoms with Crippen LogP contribution in [0.4, 0.5) is 0 Å². The van der Waals surface area contributed by atoms with Crippen LogP contribution < -0.4 is 4.74 Å². The second kappa shape index (κ2) is 6.31. The molecule has 0 saturated heterocycles. The van der Waals surface area contributed by atoms with E-state index in [0.29, 0.717) is 16.4 Å². The maximum Gasteiger partial charge on any atom is 0.343 e. The number of hydrogen-bond donors (Lipinski definition) is 0. The lowest BCUT2D eigenvalue weighted by Gasteiger charge is -2.04. The van der Waals surface area contributed by atoms with Gasteiger partial charge in [-0.25, -0.2) is 4.79 Å². The molecule has 2 aromatic carbocycles. The van der Waals surface area contributed by atoms with Crippen molar-refractivity contribution in [2.24, 2.45) is 0 Å². The van der Waals surface area contributed by atoms with Gasteiger partial charge in [-0.15, -0.1) is 0 Å². The highest BCUT2D eigenvalue weighted by Crippen LogP contribution is 2.29. The number of methoxy groups -OCH3 is 1. The highest BCUT2D eigenvalue weighted by Gasteiger charge is 2.21. The third-order valence-electron chi connectivity index (χ3n) is 3.59. The summed E-state index contributed by atoms with van der Waals surface area (Å²) < 4.78 is 10.6. The Labute approximate surface area is 139 Å². The number of cyclic esters (lactones) is 1. The summed E-state index contributed by atoms with van der Waals surface area (Å²) in [6, 6.07) is 12.9. The van der Waals surface area contributed by atoms with Gasteiger partial charge in [0.2, 0.25) is 0 Å². The Hall–Kier alpha value is -2.52. The van der Waals surface area contributed by atoms with E-state index in [1.807, 2.05) is 37.3 Å². The summed E-state index contributed by atoms with van der Waals surface area (Å²) in [5.74, 6) is 0.991. The van der Waals surface area contributed by atoms with Crippen LogP contribution in [0.2, 0.25) is 5.02 Å². The van der Waals surface area contributed by atoms with Crippen LogP contribution in [0, 0.1) is 6.92 Å². The average Bonchev–Trinajstić information content (AvgIpc) is 2.89. The van der Waals surface area contributed by atoms with Gasteiger partial charge in [0.1, 0.15) is 11.5 Å². The van der Waals surface area contributed by atoms with Gasteiger partial charge in [0.15, 0.2) is 0 Å². The van der Waals surface area contributed by atoms with E-state index in [9.17, 15) is 4.79 Å². The van der Waals surface area contributed by atoms with Crippen molar-refractivity contribution in [1.82, 2.24) is 0 Å². The number of carbonyl (C=O) groups excluding carboxylic acids is 1. The fourth-order valence-electron chi connectivity index (χ4n) is 2.42. The Kier molecular flexibility index (Phi) is 4.22. The molecule has 1 aliphatic rings. The molecule has 0 aromatic heterocycles. The van der Waals surface area contributed by atoms with Crippen LogP contribution in [-0.4, -0.2) is 13.1 Å². The monoisotopic (exact) mass is 326 g/mol. The second-order valence-corrected chi connectivity index (χ2v) is 5.67. The first-order valence-electron chi connectivity index (χ1n) is 7.13. The minimum atomic E-state index is -0.358. The molecule has 2 aromatic rings. The Balaban J connectivity index is 1.91. The van der Waals surface area contributed by atoms with Crippen molar-refractivity contribution in [1.29, 1.82) is 0 Å². The molecule has 4 heteroatoms. The first-order valence-corrected chi connectivity index (χ1v) is 7.51. The molecule has 0 unspecified atom stereocenters. The van der Waals surface area contributed by atoms with Crippen LogP contribution in [0.3, 0.4) is 0 Å². The van der Waals surface area contributed by atoms with Crippen molar-refractivity contribution in [3.05, 3.63) is 75.8 Å². The van der Waals surface area contributed by atoms with Crippen LogP contribution in [0.15, 0.2) is 54.1 Å². The Morgan fingerprint density at radius 1 is 1.13 bits per heavy atom. The molecule has 3 nitrogen and oxygen atoms in total. The van der Waals surface area contributed by atoms with Crippen molar-refractivity contribution in [3.63, 3.8) is 0 Å². The molecule has 0 spiro atoms. The van der Waals surface area contributed by atoms with E-state index in [1.54, 1.807) is 31.4 Å². The topological polar surface area (TPSA) is 35.5 Å². The fraction of sp³-hybridized carbons (Fsp3) is 0.105. The molecule has 3 rings (SSSR count). The van der Waals surface area contributed by atoms with Crippen molar-refractivity contribution >= 4 is 29.4 Å². The SMILES string of the molecule is COc1ccc(/C=C2/C=C(c3ccc(Cl)cc3)OC2=O)cc1C. The standard InChI is InChI=1S/C19H15ClO3/c1-12-9-13(3-8-17(12)22-2)10-15-11-18(23-19(15)21)14-4-6-16(20)7-5-14/h3-11H,1-2H3/b15-10-. The van der Waals surface area contributed by atoms with E-state index in [2.05, 4.69) is 0 Å². The normalized spacial score (nSPS) is 15.5. The van der Waals surface area contributed by atoms with E-state index >= 15 is 0 Å². The van der Waals surface area contributed by atoms with Crippen LogP contribution in [-0.2, 0) is 9.53 Å². The predicted octanol–water partition coefficient (Wildman–Crippen LogP) is 4.64. The van der Waals surface area contributed by atoms with Gasteiger partial charge in [-0.3, -0.25) is 0 Å². The van der Waals surface area contributed by atoms with Gasteiger partial charge < -0.3 is 9.47 Å². The summed E-state index contributed by atoms with van der Waals surface area (Å²) in [4.78, 5) is 12.0. The number of benzene rings is 2. The third-order valence-corrected chi connectivity index (χ3v) is 3.85. The first kappa shape index (κ1) is 15.4. The molecule has 1 aliphatic heterocycles. The van der Waals surface area contributed by atoms with E-state index in [-0.39, 0.29) is 5.97 Å². The van der Waals surface area contributed by atoms with Crippen LogP contribution in [0.25, 0.3) is 11.8 Å². The van der Waals surface area contributed by atoms with Crippen molar-refractivity contribution in [3.8, 4) is 5.75 Å². The lowest BCUT2D eigenvalue weighted by molar-refractivity contribution is -0.130. The zero-order valence-electron chi connectivity index (χ0n) is 12.8. The van der Waals surface area contributed by atoms with Crippen LogP contribution in [0.5, 0.6) is 5.75 Å². The largest absolute Gasteiger partial charge is 0.496 e. The molecule has 0 N–H and O–H groups in total. The van der Waals surface area contributed by atoms with Gasteiger partial charge in [-0.05, 0) is 66.6 Å². The number of ether oxygens (including phenoxy) is 2. The Bertz CT molecular complexity index is 817. The summed E-state index contributed by atoms with van der Waals surface area (Å²) >= 11 is 5.87. The molecule has 0 atom stereocenters. The van der Waals surface area contributed by atoms with Gasteiger partial charge in [-0.2, -0.15) is 0 Å². The molecular weight excluding hydrogens is 312 g/mol. The highest BCUT2D eigenvalue weighted by molar-refractivity contribution is 6.30. The molecule has 116 valence electrons. The van der Waals surface area contributed by atoms with E-state index in [0.717, 1.165) is 22.4 Å². The number of hydrogen-bond acceptors (Lipinski definition) is 3. The molecular formula is C19H15ClO3. The summed E-state index contributed by atoms with van der Waals surface area (Å²) in [5, 5.41) is 0.642. The number of rotatable bonds is 3. The minimum Gasteiger partial charge on any atom is -0.496 e. The molecule has 0 amide bonds. The predicted molar refractivity (Wildman–Crippen MR) is 91.2 cm³/mol. The van der Waals surface area contributed by atoms with Crippen LogP contribution >= 0.6 is 11.6 Å². The summed E-state index contributed by atoms with van der Waals surface area (Å²) in [6.45, 7) is 1.96. The molecule has 0 fully saturated rings. The summed E-state index contributed by atoms with van der Waals surface area (Å²) in [6.07, 6.45) is 3.54. The molecule has 0 bridgehead atoms. The van der Waals surface area contributed by atoms with E-state index < -0.39 is 0 Å². The zero-order chi connectivity index (χ0) is 16.4. The smallest absolute Gasteiger partial charge is 0.343 e. The summed E-state index contributed by atoms with van der Waals surface area (Å²) in [5.41, 5.74) is 3.26. The highest BCUT2D eigenvalue weighted by atomic mass is 35.5. The fourth-order valence-corrected chi connectivity index (χ4v) is 2.54. The van der Waals surface area contributed by atoms with Gasteiger partial charge in [0.05, 0.1) is 12.7 Å². The molecule has 0 radical (unpaired) electrons. The zero-order valence-corrected chi connectivity index (χ0v) is 13.6. The number of halogens is 1. The Morgan fingerprint density at radius 3 is 2.52 bits per heavy atom. The average molecular weight is 327 g/mol. The van der Waals surface area contributed by atoms with E-state index in [4.69, 9.17) is 21.1 Å². The van der Waals surface area contributed by atoms with Gasteiger partial charge in [0, 0.05) is 10.6 Å². The Morgan fingerprint density at radius 2 is 1.87 bits per heavy atom. The maximum atomic E-state index is 12.0. The van der Waals surface area contributed by atoms with E-state index in [1.165, 1.54) is 0 Å². The lowest BCUT2D eigenvalue weighted by Crippen LogP contribution is -1.97. The van der Waals surface area contributed by atoms with Gasteiger partial charge >= 0.3 is 5.97 Å². The molecule has 23 heavy (non-hydrogen) atoms. The third kappa shape index (κ3) is 3.30. The first-order chi connectivity index (χ1) is 11.1. The van der Waals surface area contributed by atoms with Crippen molar-refractivity contribution in [2.45, 2.75) is 6.92 Å². The minimum absolute atomic E-state index is 0.358. The molecule has 0 aliphatic carbocycles. The number of carbonyl (C=O) groups is 1. The molecule has 1 heterocycles. The van der Waals surface area contributed by atoms with Gasteiger partial charge in [-0.1, -0.05) is 17.7 Å². The quantitative estimate of drug-likeness (QED) is 0.609. The lowest BCUT2D eigenvalue weighted by atomic mass is 10.1. The maximum absolute atomic E-state index is 12.0. The van der Waals surface area contributed by atoms with Crippen molar-refractivity contribution < 1.29 is 14.3 Å². The summed E-state index contributed by atoms with van der Waals surface area (Å²) in [7, 11) is 1.63.